The van der Waals surface area contributed by atoms with E-state index in [2.05, 4.69) is 20.6 Å². The van der Waals surface area contributed by atoms with Crippen LogP contribution in [0.4, 0.5) is 4.79 Å². The summed E-state index contributed by atoms with van der Waals surface area (Å²) >= 11 is 0. The van der Waals surface area contributed by atoms with Gasteiger partial charge in [0.1, 0.15) is 6.04 Å². The van der Waals surface area contributed by atoms with Gasteiger partial charge in [-0.15, -0.1) is 0 Å². The molecular formula is C14H22N4O3. The predicted octanol–water partition coefficient (Wildman–Crippen LogP) is 1.43. The van der Waals surface area contributed by atoms with Crippen LogP contribution < -0.4 is 10.6 Å². The van der Waals surface area contributed by atoms with Crippen molar-refractivity contribution in [3.05, 3.63) is 18.2 Å². The molecule has 0 bridgehead atoms. The van der Waals surface area contributed by atoms with Crippen LogP contribution in [-0.2, 0) is 11.2 Å². The lowest BCUT2D eigenvalue weighted by atomic mass is 10.1. The number of nitrogens with one attached hydrogen (secondary N) is 3. The van der Waals surface area contributed by atoms with Crippen molar-refractivity contribution in [2.45, 2.75) is 57.0 Å². The molecule has 1 unspecified atom stereocenters. The zero-order valence-corrected chi connectivity index (χ0v) is 12.0. The van der Waals surface area contributed by atoms with Crippen LogP contribution in [0.3, 0.4) is 0 Å². The molecule has 1 fully saturated rings. The second-order valence-electron chi connectivity index (χ2n) is 5.48. The highest BCUT2D eigenvalue weighted by molar-refractivity contribution is 5.82. The fourth-order valence-electron chi connectivity index (χ4n) is 2.63. The molecule has 0 spiro atoms. The number of hydrogen-bond acceptors (Lipinski definition) is 3. The zero-order chi connectivity index (χ0) is 15.1. The topological polar surface area (TPSA) is 107 Å². The standard InChI is InChI=1S/C14H22N4O3/c19-13(20)12(7-11-8-15-9-16-11)18-14(21)17-10-5-3-1-2-4-6-10/h8-10,12H,1-7H2,(H,15,16)(H,19,20)(H2,17,18,21). The normalized spacial score (nSPS) is 17.7. The molecule has 1 saturated carbocycles. The summed E-state index contributed by atoms with van der Waals surface area (Å²) in [5, 5.41) is 14.6. The number of carboxylic acid groups (broad SMARTS) is 1. The van der Waals surface area contributed by atoms with Crippen LogP contribution >= 0.6 is 0 Å². The summed E-state index contributed by atoms with van der Waals surface area (Å²) in [6.45, 7) is 0. The van der Waals surface area contributed by atoms with Crippen molar-refractivity contribution >= 4 is 12.0 Å². The monoisotopic (exact) mass is 294 g/mol. The maximum absolute atomic E-state index is 12.0. The van der Waals surface area contributed by atoms with Crippen LogP contribution in [0, 0.1) is 0 Å². The minimum absolute atomic E-state index is 0.147. The van der Waals surface area contributed by atoms with Crippen LogP contribution in [0.2, 0.25) is 0 Å². The second-order valence-corrected chi connectivity index (χ2v) is 5.48. The molecule has 2 amide bonds. The van der Waals surface area contributed by atoms with E-state index in [-0.39, 0.29) is 12.5 Å². The summed E-state index contributed by atoms with van der Waals surface area (Å²) in [5.74, 6) is -1.05. The Morgan fingerprint density at radius 1 is 1.33 bits per heavy atom. The molecule has 21 heavy (non-hydrogen) atoms. The highest BCUT2D eigenvalue weighted by Crippen LogP contribution is 2.17. The fraction of sp³-hybridized carbons (Fsp3) is 0.643. The number of hydrogen-bond donors (Lipinski definition) is 4. The van der Waals surface area contributed by atoms with Gasteiger partial charge in [0.25, 0.3) is 0 Å². The SMILES string of the molecule is O=C(NC1CCCCCC1)NC(Cc1cnc[nH]1)C(=O)O. The lowest BCUT2D eigenvalue weighted by Crippen LogP contribution is -2.49. The second kappa shape index (κ2) is 7.66. The zero-order valence-electron chi connectivity index (χ0n) is 12.0. The Morgan fingerprint density at radius 2 is 2.05 bits per heavy atom. The van der Waals surface area contributed by atoms with Crippen molar-refractivity contribution < 1.29 is 14.7 Å². The summed E-state index contributed by atoms with van der Waals surface area (Å²) in [7, 11) is 0. The number of H-pyrrole nitrogens is 1. The Morgan fingerprint density at radius 3 is 2.62 bits per heavy atom. The third kappa shape index (κ3) is 5.09. The summed E-state index contributed by atoms with van der Waals surface area (Å²) < 4.78 is 0. The van der Waals surface area contributed by atoms with Gasteiger partial charge >= 0.3 is 12.0 Å². The summed E-state index contributed by atoms with van der Waals surface area (Å²) in [6, 6.07) is -1.22. The van der Waals surface area contributed by atoms with Crippen LogP contribution in [0.25, 0.3) is 0 Å². The fourth-order valence-corrected chi connectivity index (χ4v) is 2.63. The first kappa shape index (κ1) is 15.3. The molecule has 1 aliphatic carbocycles. The van der Waals surface area contributed by atoms with E-state index in [1.165, 1.54) is 19.2 Å². The molecule has 116 valence electrons. The molecule has 2 rings (SSSR count). The van der Waals surface area contributed by atoms with E-state index in [4.69, 9.17) is 0 Å². The van der Waals surface area contributed by atoms with Gasteiger partial charge in [-0.1, -0.05) is 25.7 Å². The minimum Gasteiger partial charge on any atom is -0.480 e. The number of aromatic amines is 1. The average Bonchev–Trinajstić information content (AvgIpc) is 2.81. The molecule has 0 radical (unpaired) electrons. The van der Waals surface area contributed by atoms with E-state index in [1.807, 2.05) is 0 Å². The molecule has 0 aliphatic heterocycles. The summed E-state index contributed by atoms with van der Waals surface area (Å²) in [6.07, 6.45) is 9.79. The van der Waals surface area contributed by atoms with Crippen molar-refractivity contribution in [2.75, 3.05) is 0 Å². The lowest BCUT2D eigenvalue weighted by Gasteiger charge is -2.19. The molecule has 1 atom stereocenters. The van der Waals surface area contributed by atoms with Crippen LogP contribution in [0.5, 0.6) is 0 Å². The van der Waals surface area contributed by atoms with E-state index in [0.717, 1.165) is 25.7 Å². The molecule has 4 N–H and O–H groups in total. The van der Waals surface area contributed by atoms with Crippen LogP contribution in [0.1, 0.15) is 44.2 Å². The van der Waals surface area contributed by atoms with Crippen molar-refractivity contribution in [3.63, 3.8) is 0 Å². The number of imidazole rings is 1. The Kier molecular flexibility index (Phi) is 5.59. The van der Waals surface area contributed by atoms with Crippen molar-refractivity contribution in [1.82, 2.24) is 20.6 Å². The molecule has 1 aromatic rings. The first-order chi connectivity index (χ1) is 10.1. The first-order valence-electron chi connectivity index (χ1n) is 7.42. The number of aromatic nitrogens is 2. The first-order valence-corrected chi connectivity index (χ1v) is 7.42. The van der Waals surface area contributed by atoms with Gasteiger partial charge in [-0.2, -0.15) is 0 Å². The lowest BCUT2D eigenvalue weighted by molar-refractivity contribution is -0.139. The van der Waals surface area contributed by atoms with Crippen molar-refractivity contribution in [1.29, 1.82) is 0 Å². The van der Waals surface area contributed by atoms with E-state index in [0.29, 0.717) is 5.69 Å². The number of carbonyl (C=O) groups excluding carboxylic acids is 1. The van der Waals surface area contributed by atoms with Gasteiger partial charge in [0.2, 0.25) is 0 Å². The number of amides is 2. The van der Waals surface area contributed by atoms with Gasteiger partial charge in [0.15, 0.2) is 0 Å². The molecule has 7 nitrogen and oxygen atoms in total. The molecule has 1 aromatic heterocycles. The van der Waals surface area contributed by atoms with E-state index >= 15 is 0 Å². The van der Waals surface area contributed by atoms with Crippen LogP contribution in [-0.4, -0.2) is 39.2 Å². The highest BCUT2D eigenvalue weighted by atomic mass is 16.4. The van der Waals surface area contributed by atoms with Gasteiger partial charge in [-0.3, -0.25) is 0 Å². The summed E-state index contributed by atoms with van der Waals surface area (Å²) in [4.78, 5) is 29.9. The van der Waals surface area contributed by atoms with Gasteiger partial charge in [-0.25, -0.2) is 14.6 Å². The molecule has 1 heterocycles. The Bertz CT molecular complexity index is 453. The molecule has 7 heteroatoms. The third-order valence-electron chi connectivity index (χ3n) is 3.77. The third-order valence-corrected chi connectivity index (χ3v) is 3.77. The molecule has 0 aromatic carbocycles. The number of rotatable bonds is 5. The molecule has 1 aliphatic rings. The maximum Gasteiger partial charge on any atom is 0.326 e. The minimum atomic E-state index is -1.05. The molecule has 0 saturated heterocycles. The van der Waals surface area contributed by atoms with Crippen molar-refractivity contribution in [2.24, 2.45) is 0 Å². The largest absolute Gasteiger partial charge is 0.480 e. The van der Waals surface area contributed by atoms with Crippen molar-refractivity contribution in [3.8, 4) is 0 Å². The quantitative estimate of drug-likeness (QED) is 0.616. The van der Waals surface area contributed by atoms with Gasteiger partial charge in [0, 0.05) is 24.4 Å². The predicted molar refractivity (Wildman–Crippen MR) is 76.9 cm³/mol. The Labute approximate surface area is 123 Å². The van der Waals surface area contributed by atoms with Crippen LogP contribution in [0.15, 0.2) is 12.5 Å². The van der Waals surface area contributed by atoms with E-state index in [1.54, 1.807) is 6.20 Å². The van der Waals surface area contributed by atoms with E-state index in [9.17, 15) is 14.7 Å². The Balaban J connectivity index is 1.84. The number of urea groups is 1. The summed E-state index contributed by atoms with van der Waals surface area (Å²) in [5.41, 5.74) is 0.678. The average molecular weight is 294 g/mol. The van der Waals surface area contributed by atoms with E-state index < -0.39 is 18.0 Å². The number of carboxylic acids is 1. The Hall–Kier alpha value is -2.05. The molecular weight excluding hydrogens is 272 g/mol. The number of nitrogens with zero attached hydrogens (tertiary/aromatic N) is 1. The van der Waals surface area contributed by atoms with Gasteiger partial charge in [-0.05, 0) is 12.8 Å². The van der Waals surface area contributed by atoms with Gasteiger partial charge < -0.3 is 20.7 Å². The number of carbonyl (C=O) groups is 2. The smallest absolute Gasteiger partial charge is 0.326 e. The number of aliphatic carboxylic acids is 1. The van der Waals surface area contributed by atoms with Gasteiger partial charge in [0.05, 0.1) is 6.33 Å². The maximum atomic E-state index is 12.0. The highest BCUT2D eigenvalue weighted by Gasteiger charge is 2.22.